The largest absolute Gasteiger partial charge is 0.337 e. The van der Waals surface area contributed by atoms with Crippen molar-refractivity contribution in [3.05, 3.63) is 36.0 Å². The Bertz CT molecular complexity index is 654. The first-order valence-electron chi connectivity index (χ1n) is 7.58. The average molecular weight is 303 g/mol. The smallest absolute Gasteiger partial charge is 0.249 e. The van der Waals surface area contributed by atoms with E-state index in [-0.39, 0.29) is 17.8 Å². The van der Waals surface area contributed by atoms with Crippen molar-refractivity contribution in [1.29, 1.82) is 0 Å². The fourth-order valence-corrected chi connectivity index (χ4v) is 2.77. The molecule has 3 rings (SSSR count). The molecule has 0 spiro atoms. The summed E-state index contributed by atoms with van der Waals surface area (Å²) in [5, 5.41) is 3.95. The van der Waals surface area contributed by atoms with Gasteiger partial charge in [0.1, 0.15) is 11.9 Å². The zero-order valence-corrected chi connectivity index (χ0v) is 12.5. The topological polar surface area (TPSA) is 59.2 Å². The maximum atomic E-state index is 13.0. The third-order valence-electron chi connectivity index (χ3n) is 3.87. The Labute approximate surface area is 128 Å². The zero-order valence-electron chi connectivity index (χ0n) is 12.5. The summed E-state index contributed by atoms with van der Waals surface area (Å²) in [5.74, 6) is 0.706. The summed E-state index contributed by atoms with van der Waals surface area (Å²) in [6, 6.07) is 5.80. The van der Waals surface area contributed by atoms with Gasteiger partial charge in [-0.15, -0.1) is 0 Å². The van der Waals surface area contributed by atoms with E-state index in [9.17, 15) is 9.18 Å². The first kappa shape index (κ1) is 14.7. The van der Waals surface area contributed by atoms with Gasteiger partial charge in [-0.2, -0.15) is 4.98 Å². The molecule has 5 nitrogen and oxygen atoms in total. The maximum absolute atomic E-state index is 13.0. The van der Waals surface area contributed by atoms with Crippen LogP contribution in [-0.2, 0) is 4.79 Å². The molecule has 116 valence electrons. The molecule has 1 aromatic heterocycles. The molecule has 1 aliphatic rings. The minimum Gasteiger partial charge on any atom is -0.337 e. The number of carbonyl (C=O) groups is 1. The molecule has 1 amide bonds. The average Bonchev–Trinajstić information content (AvgIpc) is 3.17. The van der Waals surface area contributed by atoms with Gasteiger partial charge in [-0.1, -0.05) is 12.1 Å². The number of benzene rings is 1. The third-order valence-corrected chi connectivity index (χ3v) is 3.87. The molecular weight excluding hydrogens is 285 g/mol. The standard InChI is InChI=1S/C16H18FN3O2/c1-2-4-14(21)20-10-3-5-13(20)16-18-15(19-22-16)11-6-8-12(17)9-7-11/h6-9,13H,2-5,10H2,1H3. The lowest BCUT2D eigenvalue weighted by Gasteiger charge is -2.21. The van der Waals surface area contributed by atoms with Gasteiger partial charge in [-0.05, 0) is 43.5 Å². The molecule has 2 heterocycles. The Morgan fingerprint density at radius 3 is 2.91 bits per heavy atom. The Morgan fingerprint density at radius 1 is 1.41 bits per heavy atom. The molecule has 1 atom stereocenters. The molecule has 0 saturated carbocycles. The molecule has 6 heteroatoms. The van der Waals surface area contributed by atoms with Crippen molar-refractivity contribution in [1.82, 2.24) is 15.0 Å². The summed E-state index contributed by atoms with van der Waals surface area (Å²) in [4.78, 5) is 18.4. The first-order valence-corrected chi connectivity index (χ1v) is 7.58. The quantitative estimate of drug-likeness (QED) is 0.869. The predicted octanol–water partition coefficient (Wildman–Crippen LogP) is 3.34. The molecule has 0 bridgehead atoms. The Morgan fingerprint density at radius 2 is 2.18 bits per heavy atom. The van der Waals surface area contributed by atoms with Crippen molar-refractivity contribution in [2.24, 2.45) is 0 Å². The zero-order chi connectivity index (χ0) is 15.5. The molecule has 1 unspecified atom stereocenters. The van der Waals surface area contributed by atoms with E-state index >= 15 is 0 Å². The van der Waals surface area contributed by atoms with Gasteiger partial charge in [0, 0.05) is 18.5 Å². The number of carbonyl (C=O) groups excluding carboxylic acids is 1. The normalized spacial score (nSPS) is 17.9. The van der Waals surface area contributed by atoms with Crippen LogP contribution in [0.4, 0.5) is 4.39 Å². The highest BCUT2D eigenvalue weighted by Crippen LogP contribution is 2.32. The number of hydrogen-bond donors (Lipinski definition) is 0. The van der Waals surface area contributed by atoms with Crippen LogP contribution < -0.4 is 0 Å². The van der Waals surface area contributed by atoms with E-state index in [0.717, 1.165) is 25.8 Å². The number of hydrogen-bond acceptors (Lipinski definition) is 4. The van der Waals surface area contributed by atoms with Gasteiger partial charge in [0.25, 0.3) is 0 Å². The van der Waals surface area contributed by atoms with Gasteiger partial charge >= 0.3 is 0 Å². The van der Waals surface area contributed by atoms with E-state index in [1.165, 1.54) is 12.1 Å². The summed E-state index contributed by atoms with van der Waals surface area (Å²) in [6.45, 7) is 2.72. The first-order chi connectivity index (χ1) is 10.7. The van der Waals surface area contributed by atoms with E-state index in [2.05, 4.69) is 10.1 Å². The van der Waals surface area contributed by atoms with Crippen molar-refractivity contribution in [2.75, 3.05) is 6.54 Å². The number of halogens is 1. The molecule has 22 heavy (non-hydrogen) atoms. The van der Waals surface area contributed by atoms with Crippen LogP contribution in [0.5, 0.6) is 0 Å². The maximum Gasteiger partial charge on any atom is 0.249 e. The van der Waals surface area contributed by atoms with Gasteiger partial charge in [-0.3, -0.25) is 4.79 Å². The van der Waals surface area contributed by atoms with Crippen LogP contribution in [0.15, 0.2) is 28.8 Å². The SMILES string of the molecule is CCCC(=O)N1CCCC1c1nc(-c2ccc(F)cc2)no1. The summed E-state index contributed by atoms with van der Waals surface area (Å²) in [7, 11) is 0. The van der Waals surface area contributed by atoms with Crippen molar-refractivity contribution in [2.45, 2.75) is 38.6 Å². The highest BCUT2D eigenvalue weighted by molar-refractivity contribution is 5.76. The van der Waals surface area contributed by atoms with Gasteiger partial charge in [0.2, 0.25) is 17.6 Å². The van der Waals surface area contributed by atoms with Gasteiger partial charge in [-0.25, -0.2) is 4.39 Å². The monoisotopic (exact) mass is 303 g/mol. The van der Waals surface area contributed by atoms with Crippen molar-refractivity contribution in [3.63, 3.8) is 0 Å². The second kappa shape index (κ2) is 6.25. The van der Waals surface area contributed by atoms with Gasteiger partial charge in [0.05, 0.1) is 0 Å². The lowest BCUT2D eigenvalue weighted by Crippen LogP contribution is -2.30. The van der Waals surface area contributed by atoms with Crippen LogP contribution in [0.3, 0.4) is 0 Å². The van der Waals surface area contributed by atoms with E-state index in [0.29, 0.717) is 23.7 Å². The lowest BCUT2D eigenvalue weighted by molar-refractivity contribution is -0.132. The molecule has 1 aliphatic heterocycles. The van der Waals surface area contributed by atoms with Gasteiger partial charge < -0.3 is 9.42 Å². The van der Waals surface area contributed by atoms with Crippen LogP contribution in [0.1, 0.15) is 44.5 Å². The minimum atomic E-state index is -0.306. The second-order valence-electron chi connectivity index (χ2n) is 5.46. The molecular formula is C16H18FN3O2. The van der Waals surface area contributed by atoms with Crippen molar-refractivity contribution < 1.29 is 13.7 Å². The fourth-order valence-electron chi connectivity index (χ4n) is 2.77. The highest BCUT2D eigenvalue weighted by Gasteiger charge is 2.33. The summed E-state index contributed by atoms with van der Waals surface area (Å²) < 4.78 is 18.3. The Balaban J connectivity index is 1.80. The summed E-state index contributed by atoms with van der Waals surface area (Å²) in [5.41, 5.74) is 0.695. The van der Waals surface area contributed by atoms with Crippen molar-refractivity contribution >= 4 is 5.91 Å². The molecule has 0 N–H and O–H groups in total. The summed E-state index contributed by atoms with van der Waals surface area (Å²) >= 11 is 0. The summed E-state index contributed by atoms with van der Waals surface area (Å²) in [6.07, 6.45) is 3.14. The second-order valence-corrected chi connectivity index (χ2v) is 5.46. The Kier molecular flexibility index (Phi) is 4.18. The predicted molar refractivity (Wildman–Crippen MR) is 78.3 cm³/mol. The molecule has 0 aliphatic carbocycles. The Hall–Kier alpha value is -2.24. The minimum absolute atomic E-state index is 0.131. The van der Waals surface area contributed by atoms with Gasteiger partial charge in [0.15, 0.2) is 0 Å². The number of aromatic nitrogens is 2. The van der Waals surface area contributed by atoms with Crippen LogP contribution in [0, 0.1) is 5.82 Å². The molecule has 0 radical (unpaired) electrons. The van der Waals surface area contributed by atoms with Crippen LogP contribution in [0.2, 0.25) is 0 Å². The third kappa shape index (κ3) is 2.86. The number of likely N-dealkylation sites (tertiary alicyclic amines) is 1. The molecule has 1 fully saturated rings. The van der Waals surface area contributed by atoms with E-state index in [4.69, 9.17) is 4.52 Å². The van der Waals surface area contributed by atoms with Crippen LogP contribution in [-0.4, -0.2) is 27.5 Å². The molecule has 2 aromatic rings. The van der Waals surface area contributed by atoms with Crippen molar-refractivity contribution in [3.8, 4) is 11.4 Å². The lowest BCUT2D eigenvalue weighted by atomic mass is 10.2. The number of rotatable bonds is 4. The molecule has 1 aromatic carbocycles. The molecule has 1 saturated heterocycles. The van der Waals surface area contributed by atoms with E-state index < -0.39 is 0 Å². The van der Waals surface area contributed by atoms with Crippen LogP contribution in [0.25, 0.3) is 11.4 Å². The van der Waals surface area contributed by atoms with Crippen LogP contribution >= 0.6 is 0 Å². The number of amides is 1. The van der Waals surface area contributed by atoms with E-state index in [1.54, 1.807) is 12.1 Å². The number of nitrogens with zero attached hydrogens (tertiary/aromatic N) is 3. The van der Waals surface area contributed by atoms with E-state index in [1.807, 2.05) is 11.8 Å². The fraction of sp³-hybridized carbons (Fsp3) is 0.438. The highest BCUT2D eigenvalue weighted by atomic mass is 19.1.